The van der Waals surface area contributed by atoms with Crippen LogP contribution < -0.4 is 10.5 Å². The summed E-state index contributed by atoms with van der Waals surface area (Å²) in [5.74, 6) is -0.764. The van der Waals surface area contributed by atoms with Crippen LogP contribution in [0.5, 0.6) is 5.75 Å². The zero-order chi connectivity index (χ0) is 23.2. The van der Waals surface area contributed by atoms with Gasteiger partial charge in [-0.3, -0.25) is 29.3 Å². The van der Waals surface area contributed by atoms with E-state index in [0.29, 0.717) is 11.4 Å². The summed E-state index contributed by atoms with van der Waals surface area (Å²) in [4.78, 5) is 38.2. The van der Waals surface area contributed by atoms with Gasteiger partial charge in [0.25, 0.3) is 17.2 Å². The fourth-order valence-electron chi connectivity index (χ4n) is 3.38. The molecule has 3 aromatic rings. The van der Waals surface area contributed by atoms with Crippen LogP contribution in [0.4, 0.5) is 11.4 Å². The van der Waals surface area contributed by atoms with Gasteiger partial charge in [-0.05, 0) is 31.2 Å². The molecule has 0 radical (unpaired) electrons. The van der Waals surface area contributed by atoms with Crippen molar-refractivity contribution in [1.82, 2.24) is 9.36 Å². The van der Waals surface area contributed by atoms with Crippen molar-refractivity contribution in [3.05, 3.63) is 85.2 Å². The number of nitro benzene ring substituents is 1. The molecule has 1 fully saturated rings. The number of thiocarbonyl (C=S) groups is 1. The summed E-state index contributed by atoms with van der Waals surface area (Å²) in [5, 5.41) is 21.1. The van der Waals surface area contributed by atoms with Crippen LogP contribution in [0, 0.1) is 17.0 Å². The van der Waals surface area contributed by atoms with Gasteiger partial charge in [-0.1, -0.05) is 42.2 Å². The number of carbonyl (C=O) groups excluding carboxylic acids is 1. The molecule has 1 N–H and O–H groups in total. The summed E-state index contributed by atoms with van der Waals surface area (Å²) in [6.45, 7) is 1.71. The highest BCUT2D eigenvalue weighted by Crippen LogP contribution is 2.37. The number of anilines is 1. The Labute approximate surface area is 191 Å². The zero-order valence-electron chi connectivity index (χ0n) is 16.9. The topological polar surface area (TPSA) is 111 Å². The summed E-state index contributed by atoms with van der Waals surface area (Å²) in [6.07, 6.45) is 1.33. The molecule has 32 heavy (non-hydrogen) atoms. The Morgan fingerprint density at radius 2 is 1.84 bits per heavy atom. The van der Waals surface area contributed by atoms with Crippen LogP contribution >= 0.6 is 24.0 Å². The predicted octanol–water partition coefficient (Wildman–Crippen LogP) is 3.50. The second-order valence-corrected chi connectivity index (χ2v) is 8.60. The molecule has 2 aromatic carbocycles. The highest BCUT2D eigenvalue weighted by molar-refractivity contribution is 8.27. The van der Waals surface area contributed by atoms with Gasteiger partial charge >= 0.3 is 0 Å². The average Bonchev–Trinajstić information content (AvgIpc) is 3.15. The van der Waals surface area contributed by atoms with Crippen molar-refractivity contribution < 1.29 is 14.8 Å². The first-order valence-electron chi connectivity index (χ1n) is 9.30. The summed E-state index contributed by atoms with van der Waals surface area (Å²) in [6, 6.07) is 12.5. The van der Waals surface area contributed by atoms with Crippen molar-refractivity contribution in [3.8, 4) is 11.4 Å². The number of hydrogen-bond donors (Lipinski definition) is 1. The molecule has 0 aliphatic carbocycles. The van der Waals surface area contributed by atoms with E-state index < -0.39 is 16.4 Å². The monoisotopic (exact) mass is 468 g/mol. The van der Waals surface area contributed by atoms with Crippen molar-refractivity contribution in [3.63, 3.8) is 0 Å². The van der Waals surface area contributed by atoms with Gasteiger partial charge in [0.15, 0.2) is 4.32 Å². The minimum atomic E-state index is -0.596. The number of hydrogen-bond acceptors (Lipinski definition) is 7. The minimum absolute atomic E-state index is 0.103. The Kier molecular flexibility index (Phi) is 5.45. The fourth-order valence-corrected chi connectivity index (χ4v) is 4.65. The SMILES string of the molecule is Cc1c(N2C(=O)/C(=C/c3cc([N+](=O)[O-])ccc3O)SC2=S)c(=O)n(-c2ccccc2)n1C. The number of nitrogens with zero attached hydrogens (tertiary/aromatic N) is 4. The molecule has 2 heterocycles. The number of non-ortho nitro benzene ring substituents is 1. The lowest BCUT2D eigenvalue weighted by Crippen LogP contribution is -2.33. The normalized spacial score (nSPS) is 15.1. The summed E-state index contributed by atoms with van der Waals surface area (Å²) >= 11 is 6.33. The van der Waals surface area contributed by atoms with Gasteiger partial charge in [0, 0.05) is 24.7 Å². The molecule has 1 saturated heterocycles. The van der Waals surface area contributed by atoms with E-state index in [1.165, 1.54) is 16.8 Å². The maximum atomic E-state index is 13.3. The van der Waals surface area contributed by atoms with Crippen LogP contribution in [-0.2, 0) is 11.8 Å². The molecule has 1 aliphatic heterocycles. The Hall–Kier alpha value is -3.70. The van der Waals surface area contributed by atoms with Crippen LogP contribution in [0.2, 0.25) is 0 Å². The molecule has 162 valence electrons. The number of benzene rings is 2. The number of phenolic OH excluding ortho intramolecular Hbond substituents is 1. The fraction of sp³-hybridized carbons (Fsp3) is 0.0952. The zero-order valence-corrected chi connectivity index (χ0v) is 18.5. The van der Waals surface area contributed by atoms with E-state index in [-0.39, 0.29) is 31.9 Å². The van der Waals surface area contributed by atoms with E-state index in [1.807, 2.05) is 6.07 Å². The standard InChI is InChI=1S/C21H16N4O5S2/c1-12-18(20(28)24(22(12)2)14-6-4-3-5-7-14)23-19(27)17(32-21(23)31)11-13-10-15(25(29)30)8-9-16(13)26/h3-11,26H,1-2H3/b17-11-. The lowest BCUT2D eigenvalue weighted by molar-refractivity contribution is -0.384. The number of thioether (sulfide) groups is 1. The quantitative estimate of drug-likeness (QED) is 0.270. The Bertz CT molecular complexity index is 1370. The molecule has 11 heteroatoms. The smallest absolute Gasteiger partial charge is 0.296 e. The summed E-state index contributed by atoms with van der Waals surface area (Å²) in [7, 11) is 1.71. The van der Waals surface area contributed by atoms with Gasteiger partial charge in [0.1, 0.15) is 11.4 Å². The molecule has 0 unspecified atom stereocenters. The van der Waals surface area contributed by atoms with Crippen LogP contribution in [0.1, 0.15) is 11.3 Å². The molecule has 0 bridgehead atoms. The maximum Gasteiger partial charge on any atom is 0.296 e. The number of carbonyl (C=O) groups is 1. The molecule has 1 amide bonds. The van der Waals surface area contributed by atoms with E-state index in [1.54, 1.807) is 42.9 Å². The van der Waals surface area contributed by atoms with Crippen molar-refractivity contribution >= 4 is 51.7 Å². The first-order valence-corrected chi connectivity index (χ1v) is 10.5. The van der Waals surface area contributed by atoms with E-state index in [4.69, 9.17) is 12.2 Å². The van der Waals surface area contributed by atoms with E-state index in [0.717, 1.165) is 28.8 Å². The molecule has 9 nitrogen and oxygen atoms in total. The Morgan fingerprint density at radius 3 is 2.50 bits per heavy atom. The average molecular weight is 469 g/mol. The molecular weight excluding hydrogens is 452 g/mol. The van der Waals surface area contributed by atoms with Crippen molar-refractivity contribution in [1.29, 1.82) is 0 Å². The summed E-state index contributed by atoms with van der Waals surface area (Å²) in [5.41, 5.74) is 0.768. The molecule has 0 spiro atoms. The highest BCUT2D eigenvalue weighted by atomic mass is 32.2. The first-order chi connectivity index (χ1) is 15.2. The van der Waals surface area contributed by atoms with Gasteiger partial charge in [-0.25, -0.2) is 4.68 Å². The third-order valence-corrected chi connectivity index (χ3v) is 6.35. The maximum absolute atomic E-state index is 13.3. The lowest BCUT2D eigenvalue weighted by Gasteiger charge is -2.12. The van der Waals surface area contributed by atoms with Gasteiger partial charge in [0.2, 0.25) is 0 Å². The van der Waals surface area contributed by atoms with Gasteiger partial charge in [0.05, 0.1) is 21.2 Å². The number of para-hydroxylation sites is 1. The molecule has 1 aromatic heterocycles. The molecule has 0 atom stereocenters. The molecule has 0 saturated carbocycles. The van der Waals surface area contributed by atoms with Crippen molar-refractivity contribution in [2.75, 3.05) is 4.90 Å². The van der Waals surface area contributed by atoms with Crippen molar-refractivity contribution in [2.45, 2.75) is 6.92 Å². The summed E-state index contributed by atoms with van der Waals surface area (Å²) < 4.78 is 3.23. The Morgan fingerprint density at radius 1 is 1.16 bits per heavy atom. The predicted molar refractivity (Wildman–Crippen MR) is 126 cm³/mol. The number of phenols is 1. The van der Waals surface area contributed by atoms with E-state index in [9.17, 15) is 24.8 Å². The second-order valence-electron chi connectivity index (χ2n) is 6.93. The number of aromatic hydroxyl groups is 1. The second kappa shape index (κ2) is 8.09. The van der Waals surface area contributed by atoms with E-state index >= 15 is 0 Å². The largest absolute Gasteiger partial charge is 0.507 e. The number of amides is 1. The lowest BCUT2D eigenvalue weighted by atomic mass is 10.1. The highest BCUT2D eigenvalue weighted by Gasteiger charge is 2.38. The van der Waals surface area contributed by atoms with Crippen LogP contribution in [0.3, 0.4) is 0 Å². The molecule has 1 aliphatic rings. The van der Waals surface area contributed by atoms with Crippen molar-refractivity contribution in [2.24, 2.45) is 7.05 Å². The van der Waals surface area contributed by atoms with Crippen LogP contribution in [-0.4, -0.2) is 29.6 Å². The van der Waals surface area contributed by atoms with Gasteiger partial charge in [-0.2, -0.15) is 0 Å². The molecular formula is C21H16N4O5S2. The third-order valence-electron chi connectivity index (χ3n) is 5.05. The van der Waals surface area contributed by atoms with Gasteiger partial charge in [-0.15, -0.1) is 0 Å². The van der Waals surface area contributed by atoms with Crippen LogP contribution in [0.15, 0.2) is 58.2 Å². The number of aromatic nitrogens is 2. The minimum Gasteiger partial charge on any atom is -0.507 e. The number of nitro groups is 1. The third kappa shape index (κ3) is 3.51. The molecule has 4 rings (SSSR count). The van der Waals surface area contributed by atoms with Gasteiger partial charge < -0.3 is 5.11 Å². The Balaban J connectivity index is 1.79. The van der Waals surface area contributed by atoms with E-state index in [2.05, 4.69) is 0 Å². The number of rotatable bonds is 4. The first kappa shape index (κ1) is 21.5. The van der Waals surface area contributed by atoms with Crippen LogP contribution in [0.25, 0.3) is 11.8 Å².